The second-order valence-electron chi connectivity index (χ2n) is 7.75. The number of anilines is 1. The van der Waals surface area contributed by atoms with Gasteiger partial charge in [0, 0.05) is 43.9 Å². The molecule has 33 heavy (non-hydrogen) atoms. The summed E-state index contributed by atoms with van der Waals surface area (Å²) in [5.41, 5.74) is 1.82. The summed E-state index contributed by atoms with van der Waals surface area (Å²) in [5, 5.41) is 0. The fourth-order valence-electron chi connectivity index (χ4n) is 3.77. The average Bonchev–Trinajstić information content (AvgIpc) is 2.84. The Morgan fingerprint density at radius 3 is 2.48 bits per heavy atom. The monoisotopic (exact) mass is 450 g/mol. The van der Waals surface area contributed by atoms with Gasteiger partial charge in [-0.1, -0.05) is 6.07 Å². The van der Waals surface area contributed by atoms with Crippen LogP contribution in [0.25, 0.3) is 11.3 Å². The summed E-state index contributed by atoms with van der Waals surface area (Å²) in [6, 6.07) is 15.6. The van der Waals surface area contributed by atoms with E-state index in [0.29, 0.717) is 38.5 Å². The van der Waals surface area contributed by atoms with Gasteiger partial charge in [0.05, 0.1) is 12.3 Å². The summed E-state index contributed by atoms with van der Waals surface area (Å²) >= 11 is 0. The van der Waals surface area contributed by atoms with E-state index in [4.69, 9.17) is 9.47 Å². The van der Waals surface area contributed by atoms with Gasteiger partial charge in [0.25, 0.3) is 5.91 Å². The van der Waals surface area contributed by atoms with Crippen LogP contribution in [0.5, 0.6) is 11.5 Å². The van der Waals surface area contributed by atoms with E-state index >= 15 is 0 Å². The number of nitrogens with zero attached hydrogens (tertiary/aromatic N) is 4. The van der Waals surface area contributed by atoms with Gasteiger partial charge >= 0.3 is 0 Å². The van der Waals surface area contributed by atoms with Gasteiger partial charge in [0.15, 0.2) is 6.10 Å². The molecule has 1 unspecified atom stereocenters. The van der Waals surface area contributed by atoms with Gasteiger partial charge in [-0.25, -0.2) is 14.4 Å². The zero-order valence-electron chi connectivity index (χ0n) is 18.8. The normalized spacial score (nSPS) is 14.6. The van der Waals surface area contributed by atoms with E-state index in [2.05, 4.69) is 14.9 Å². The Kier molecular flexibility index (Phi) is 7.02. The van der Waals surface area contributed by atoms with Gasteiger partial charge in [0.1, 0.15) is 29.5 Å². The van der Waals surface area contributed by atoms with Crippen molar-refractivity contribution in [1.82, 2.24) is 14.9 Å². The number of ether oxygens (including phenoxy) is 2. The van der Waals surface area contributed by atoms with Crippen LogP contribution in [0.4, 0.5) is 10.2 Å². The second kappa shape index (κ2) is 10.3. The van der Waals surface area contributed by atoms with E-state index < -0.39 is 11.9 Å². The molecule has 1 atom stereocenters. The number of benzene rings is 2. The minimum absolute atomic E-state index is 0.114. The smallest absolute Gasteiger partial charge is 0.263 e. The highest BCUT2D eigenvalue weighted by atomic mass is 19.1. The summed E-state index contributed by atoms with van der Waals surface area (Å²) in [7, 11) is 0. The number of hydrogen-bond acceptors (Lipinski definition) is 6. The number of carbonyl (C=O) groups is 1. The molecule has 2 heterocycles. The first-order valence-corrected chi connectivity index (χ1v) is 11.0. The Balaban J connectivity index is 1.35. The number of amides is 1. The van der Waals surface area contributed by atoms with Crippen molar-refractivity contribution in [3.8, 4) is 22.8 Å². The molecule has 1 aliphatic heterocycles. The Morgan fingerprint density at radius 1 is 1.03 bits per heavy atom. The van der Waals surface area contributed by atoms with Crippen LogP contribution in [0.15, 0.2) is 60.9 Å². The van der Waals surface area contributed by atoms with Gasteiger partial charge in [-0.2, -0.15) is 0 Å². The molecule has 1 aliphatic rings. The molecule has 0 aliphatic carbocycles. The Labute approximate surface area is 192 Å². The quantitative estimate of drug-likeness (QED) is 0.546. The number of piperazine rings is 1. The van der Waals surface area contributed by atoms with E-state index in [1.165, 1.54) is 12.1 Å². The molecule has 0 radical (unpaired) electrons. The molecular weight excluding hydrogens is 423 g/mol. The molecule has 1 saturated heterocycles. The fourth-order valence-corrected chi connectivity index (χ4v) is 3.77. The van der Waals surface area contributed by atoms with Crippen molar-refractivity contribution < 1.29 is 18.7 Å². The van der Waals surface area contributed by atoms with Crippen molar-refractivity contribution in [2.24, 2.45) is 0 Å². The lowest BCUT2D eigenvalue weighted by molar-refractivity contribution is -0.138. The molecule has 0 saturated carbocycles. The molecule has 172 valence electrons. The van der Waals surface area contributed by atoms with Gasteiger partial charge in [-0.05, 0) is 50.2 Å². The predicted octanol–water partition coefficient (Wildman–Crippen LogP) is 3.80. The van der Waals surface area contributed by atoms with E-state index in [1.54, 1.807) is 30.3 Å². The van der Waals surface area contributed by atoms with Crippen LogP contribution >= 0.6 is 0 Å². The molecule has 1 aromatic heterocycles. The van der Waals surface area contributed by atoms with Crippen LogP contribution in [0.2, 0.25) is 0 Å². The van der Waals surface area contributed by atoms with Crippen molar-refractivity contribution in [2.75, 3.05) is 37.7 Å². The van der Waals surface area contributed by atoms with Crippen molar-refractivity contribution in [3.63, 3.8) is 0 Å². The number of aromatic nitrogens is 2. The van der Waals surface area contributed by atoms with Crippen molar-refractivity contribution in [2.45, 2.75) is 20.0 Å². The molecule has 4 rings (SSSR count). The highest BCUT2D eigenvalue weighted by Gasteiger charge is 2.26. The lowest BCUT2D eigenvalue weighted by atomic mass is 10.1. The van der Waals surface area contributed by atoms with Gasteiger partial charge in [-0.3, -0.25) is 4.79 Å². The minimum atomic E-state index is -0.691. The highest BCUT2D eigenvalue weighted by Crippen LogP contribution is 2.24. The van der Waals surface area contributed by atoms with E-state index in [0.717, 1.165) is 22.8 Å². The third-order valence-corrected chi connectivity index (χ3v) is 5.49. The number of rotatable bonds is 7. The van der Waals surface area contributed by atoms with Crippen molar-refractivity contribution >= 4 is 11.7 Å². The van der Waals surface area contributed by atoms with Crippen LogP contribution in [0, 0.1) is 5.82 Å². The fraction of sp³-hybridized carbons (Fsp3) is 0.320. The van der Waals surface area contributed by atoms with E-state index in [1.807, 2.05) is 37.3 Å². The Bertz CT molecular complexity index is 1090. The maximum Gasteiger partial charge on any atom is 0.263 e. The molecule has 1 amide bonds. The van der Waals surface area contributed by atoms with Gasteiger partial charge in [-0.15, -0.1) is 0 Å². The first kappa shape index (κ1) is 22.5. The van der Waals surface area contributed by atoms with E-state index in [9.17, 15) is 9.18 Å². The lowest BCUT2D eigenvalue weighted by Gasteiger charge is -2.36. The first-order chi connectivity index (χ1) is 16.0. The molecule has 0 bridgehead atoms. The lowest BCUT2D eigenvalue weighted by Crippen LogP contribution is -2.52. The first-order valence-electron chi connectivity index (χ1n) is 11.0. The number of carbonyl (C=O) groups excluding carboxylic acids is 1. The topological polar surface area (TPSA) is 67.8 Å². The Hall–Kier alpha value is -3.68. The predicted molar refractivity (Wildman–Crippen MR) is 124 cm³/mol. The molecule has 7 nitrogen and oxygen atoms in total. The summed E-state index contributed by atoms with van der Waals surface area (Å²) in [6.07, 6.45) is 0.872. The third-order valence-electron chi connectivity index (χ3n) is 5.49. The van der Waals surface area contributed by atoms with Gasteiger partial charge < -0.3 is 19.3 Å². The standard InChI is InChI=1S/C25H27FN4O3/c1-3-32-21-9-7-19(8-10-21)23-16-24(28-17-27-23)29-11-13-30(14-12-29)25(31)18(2)33-22-6-4-5-20(26)15-22/h4-10,15-18H,3,11-14H2,1-2H3. The molecule has 0 N–H and O–H groups in total. The largest absolute Gasteiger partial charge is 0.494 e. The maximum atomic E-state index is 13.4. The summed E-state index contributed by atoms with van der Waals surface area (Å²) in [5.74, 6) is 1.49. The molecule has 0 spiro atoms. The summed E-state index contributed by atoms with van der Waals surface area (Å²) in [4.78, 5) is 25.5. The van der Waals surface area contributed by atoms with Crippen LogP contribution in [-0.2, 0) is 4.79 Å². The van der Waals surface area contributed by atoms with Crippen LogP contribution in [0.1, 0.15) is 13.8 Å². The average molecular weight is 451 g/mol. The summed E-state index contributed by atoms with van der Waals surface area (Å²) < 4.78 is 24.5. The van der Waals surface area contributed by atoms with Crippen LogP contribution in [0.3, 0.4) is 0 Å². The molecule has 2 aromatic carbocycles. The zero-order valence-corrected chi connectivity index (χ0v) is 18.8. The van der Waals surface area contributed by atoms with Crippen molar-refractivity contribution in [3.05, 3.63) is 66.7 Å². The maximum absolute atomic E-state index is 13.4. The van der Waals surface area contributed by atoms with Crippen LogP contribution < -0.4 is 14.4 Å². The van der Waals surface area contributed by atoms with Crippen molar-refractivity contribution in [1.29, 1.82) is 0 Å². The Morgan fingerprint density at radius 2 is 1.79 bits per heavy atom. The highest BCUT2D eigenvalue weighted by molar-refractivity contribution is 5.81. The van der Waals surface area contributed by atoms with E-state index in [-0.39, 0.29) is 5.91 Å². The number of hydrogen-bond donors (Lipinski definition) is 0. The van der Waals surface area contributed by atoms with Crippen LogP contribution in [-0.4, -0.2) is 59.7 Å². The third kappa shape index (κ3) is 5.58. The second-order valence-corrected chi connectivity index (χ2v) is 7.75. The SMILES string of the molecule is CCOc1ccc(-c2cc(N3CCN(C(=O)C(C)Oc4cccc(F)c4)CC3)ncn2)cc1. The van der Waals surface area contributed by atoms with Gasteiger partial charge in [0.2, 0.25) is 0 Å². The number of halogens is 1. The zero-order chi connectivity index (χ0) is 23.2. The minimum Gasteiger partial charge on any atom is -0.494 e. The molecule has 1 fully saturated rings. The molecule has 3 aromatic rings. The summed E-state index contributed by atoms with van der Waals surface area (Å²) in [6.45, 7) is 6.68. The molecule has 8 heteroatoms. The molecular formula is C25H27FN4O3.